The third-order valence-corrected chi connectivity index (χ3v) is 12.0. The van der Waals surface area contributed by atoms with Crippen LogP contribution in [-0.2, 0) is 0 Å². The van der Waals surface area contributed by atoms with Crippen molar-refractivity contribution in [3.05, 3.63) is 164 Å². The summed E-state index contributed by atoms with van der Waals surface area (Å²) >= 11 is 1.80. The highest BCUT2D eigenvalue weighted by atomic mass is 32.1. The number of nitrogens with zero attached hydrogens (tertiary/aromatic N) is 3. The van der Waals surface area contributed by atoms with Gasteiger partial charge in [-0.1, -0.05) is 121 Å². The second-order valence-corrected chi connectivity index (χ2v) is 15.1. The first-order valence-corrected chi connectivity index (χ1v) is 18.9. The Kier molecular flexibility index (Phi) is 6.18. The lowest BCUT2D eigenvalue weighted by molar-refractivity contribution is 0.669. The molecule has 0 bridgehead atoms. The number of thiophene rings is 1. The molecule has 0 atom stereocenters. The normalized spacial score (nSPS) is 12.1. The van der Waals surface area contributed by atoms with Crippen LogP contribution in [0.3, 0.4) is 0 Å². The van der Waals surface area contributed by atoms with Gasteiger partial charge in [-0.2, -0.15) is 0 Å². The van der Waals surface area contributed by atoms with Crippen molar-refractivity contribution in [3.8, 4) is 34.2 Å². The van der Waals surface area contributed by atoms with Gasteiger partial charge in [-0.05, 0) is 85.6 Å². The van der Waals surface area contributed by atoms with Gasteiger partial charge in [-0.15, -0.1) is 11.3 Å². The van der Waals surface area contributed by atoms with E-state index in [1.165, 1.54) is 47.1 Å². The fourth-order valence-corrected chi connectivity index (χ4v) is 9.42. The van der Waals surface area contributed by atoms with Crippen LogP contribution in [0, 0.1) is 0 Å². The summed E-state index contributed by atoms with van der Waals surface area (Å²) in [6, 6.07) is 58.1. The summed E-state index contributed by atoms with van der Waals surface area (Å²) in [6.07, 6.45) is 0. The molecule has 0 saturated carbocycles. The van der Waals surface area contributed by atoms with Crippen LogP contribution in [0.5, 0.6) is 0 Å². The zero-order chi connectivity index (χ0) is 35.3. The zero-order valence-electron chi connectivity index (χ0n) is 28.7. The highest BCUT2D eigenvalue weighted by molar-refractivity contribution is 7.25. The Balaban J connectivity index is 1.09. The molecule has 12 rings (SSSR count). The number of furan rings is 1. The van der Waals surface area contributed by atoms with Crippen molar-refractivity contribution in [2.24, 2.45) is 0 Å². The van der Waals surface area contributed by atoms with E-state index >= 15 is 0 Å². The lowest BCUT2D eigenvalue weighted by atomic mass is 9.94. The maximum absolute atomic E-state index is 6.25. The summed E-state index contributed by atoms with van der Waals surface area (Å²) in [6.45, 7) is 0. The molecule has 0 spiro atoms. The molecule has 3 aromatic heterocycles. The van der Waals surface area contributed by atoms with Gasteiger partial charge < -0.3 is 4.42 Å². The van der Waals surface area contributed by atoms with Gasteiger partial charge in [0, 0.05) is 47.6 Å². The molecule has 4 nitrogen and oxygen atoms in total. The predicted octanol–water partition coefficient (Wildman–Crippen LogP) is 13.8. The number of hydrogen-bond acceptors (Lipinski definition) is 5. The Labute approximate surface area is 312 Å². The second-order valence-electron chi connectivity index (χ2n) is 14.0. The van der Waals surface area contributed by atoms with Gasteiger partial charge >= 0.3 is 0 Å². The fraction of sp³-hybridized carbons (Fsp3) is 0. The Hall–Kier alpha value is -6.95. The summed E-state index contributed by atoms with van der Waals surface area (Å²) in [5.74, 6) is 1.96. The molecule has 0 aliphatic heterocycles. The molecular formula is C49H27N3OS. The van der Waals surface area contributed by atoms with Crippen LogP contribution in [0.2, 0.25) is 0 Å². The molecule has 0 saturated heterocycles. The highest BCUT2D eigenvalue weighted by Gasteiger charge is 2.18. The molecule has 0 aliphatic carbocycles. The van der Waals surface area contributed by atoms with Crippen molar-refractivity contribution in [1.82, 2.24) is 15.0 Å². The Bertz CT molecular complexity index is 3520. The summed E-state index contributed by atoms with van der Waals surface area (Å²) in [5, 5.41) is 14.1. The van der Waals surface area contributed by atoms with E-state index in [-0.39, 0.29) is 0 Å². The number of rotatable bonds is 3. The van der Waals surface area contributed by atoms with Gasteiger partial charge in [0.2, 0.25) is 0 Å². The highest BCUT2D eigenvalue weighted by Crippen LogP contribution is 2.41. The first-order valence-electron chi connectivity index (χ1n) is 18.1. The molecule has 250 valence electrons. The monoisotopic (exact) mass is 705 g/mol. The predicted molar refractivity (Wildman–Crippen MR) is 226 cm³/mol. The topological polar surface area (TPSA) is 51.8 Å². The van der Waals surface area contributed by atoms with Crippen LogP contribution in [0.4, 0.5) is 0 Å². The second kappa shape index (κ2) is 11.3. The number of hydrogen-bond donors (Lipinski definition) is 0. The van der Waals surface area contributed by atoms with Crippen molar-refractivity contribution in [1.29, 1.82) is 0 Å². The van der Waals surface area contributed by atoms with Gasteiger partial charge in [-0.3, -0.25) is 0 Å². The Morgan fingerprint density at radius 3 is 1.87 bits per heavy atom. The van der Waals surface area contributed by atoms with Crippen molar-refractivity contribution in [2.45, 2.75) is 0 Å². The molecule has 5 heteroatoms. The molecule has 0 unspecified atom stereocenters. The fourth-order valence-electron chi connectivity index (χ4n) is 8.29. The van der Waals surface area contributed by atoms with Crippen LogP contribution in [0.25, 0.3) is 119 Å². The number of fused-ring (bicyclic) bond motifs is 12. The van der Waals surface area contributed by atoms with E-state index in [0.29, 0.717) is 17.5 Å². The first-order chi connectivity index (χ1) is 26.7. The maximum atomic E-state index is 6.25. The largest absolute Gasteiger partial charge is 0.456 e. The van der Waals surface area contributed by atoms with Crippen LogP contribution < -0.4 is 0 Å². The van der Waals surface area contributed by atoms with E-state index in [4.69, 9.17) is 19.4 Å². The first kappa shape index (κ1) is 29.6. The molecule has 9 aromatic carbocycles. The van der Waals surface area contributed by atoms with Crippen LogP contribution in [0.15, 0.2) is 168 Å². The van der Waals surface area contributed by atoms with Gasteiger partial charge in [0.25, 0.3) is 0 Å². The SMILES string of the molecule is c1ccc2cc(-c3nc(-c4ccc5c(ccc6ccc7cc8oc9ccccc9c8cc7c65)c4)nc(-c4cccc5sc6ccccc6c45)n3)ccc2c1. The molecule has 0 amide bonds. The quantitative estimate of drug-likeness (QED) is 0.172. The van der Waals surface area contributed by atoms with E-state index in [0.717, 1.165) is 54.8 Å². The third-order valence-electron chi connectivity index (χ3n) is 10.9. The molecule has 0 radical (unpaired) electrons. The molecule has 54 heavy (non-hydrogen) atoms. The smallest absolute Gasteiger partial charge is 0.164 e. The van der Waals surface area contributed by atoms with Crippen LogP contribution in [0.1, 0.15) is 0 Å². The van der Waals surface area contributed by atoms with Crippen molar-refractivity contribution in [2.75, 3.05) is 0 Å². The van der Waals surface area contributed by atoms with E-state index in [2.05, 4.69) is 152 Å². The van der Waals surface area contributed by atoms with Crippen LogP contribution in [-0.4, -0.2) is 15.0 Å². The number of para-hydroxylation sites is 1. The van der Waals surface area contributed by atoms with Crippen molar-refractivity contribution >= 4 is 96.5 Å². The van der Waals surface area contributed by atoms with E-state index in [1.807, 2.05) is 12.1 Å². The van der Waals surface area contributed by atoms with E-state index in [9.17, 15) is 0 Å². The lowest BCUT2D eigenvalue weighted by Crippen LogP contribution is -2.00. The average Bonchev–Trinajstić information content (AvgIpc) is 3.80. The van der Waals surface area contributed by atoms with Gasteiger partial charge in [-0.25, -0.2) is 15.0 Å². The van der Waals surface area contributed by atoms with Crippen molar-refractivity contribution in [3.63, 3.8) is 0 Å². The summed E-state index contributed by atoms with van der Waals surface area (Å²) in [7, 11) is 0. The molecule has 12 aromatic rings. The molecule has 0 aliphatic rings. The van der Waals surface area contributed by atoms with Gasteiger partial charge in [0.1, 0.15) is 11.2 Å². The number of benzene rings is 9. The number of aromatic nitrogens is 3. The summed E-state index contributed by atoms with van der Waals surface area (Å²) in [5.41, 5.74) is 4.72. The summed E-state index contributed by atoms with van der Waals surface area (Å²) in [4.78, 5) is 15.6. The van der Waals surface area contributed by atoms with Crippen LogP contribution >= 0.6 is 11.3 Å². The molecule has 0 fully saturated rings. The minimum Gasteiger partial charge on any atom is -0.456 e. The molecular weight excluding hydrogens is 679 g/mol. The Morgan fingerprint density at radius 2 is 1.00 bits per heavy atom. The van der Waals surface area contributed by atoms with Crippen molar-refractivity contribution < 1.29 is 4.42 Å². The third kappa shape index (κ3) is 4.46. The molecule has 3 heterocycles. The zero-order valence-corrected chi connectivity index (χ0v) is 29.6. The summed E-state index contributed by atoms with van der Waals surface area (Å²) < 4.78 is 8.72. The minimum atomic E-state index is 0.645. The minimum absolute atomic E-state index is 0.645. The Morgan fingerprint density at radius 1 is 0.352 bits per heavy atom. The average molecular weight is 706 g/mol. The molecule has 0 N–H and O–H groups in total. The van der Waals surface area contributed by atoms with E-state index < -0.39 is 0 Å². The van der Waals surface area contributed by atoms with E-state index in [1.54, 1.807) is 11.3 Å². The van der Waals surface area contributed by atoms with Gasteiger partial charge in [0.05, 0.1) is 0 Å². The van der Waals surface area contributed by atoms with Gasteiger partial charge in [0.15, 0.2) is 17.5 Å². The maximum Gasteiger partial charge on any atom is 0.164 e. The lowest BCUT2D eigenvalue weighted by Gasteiger charge is -2.12. The standard InChI is InChI=1S/C49H27N3OS/c1-2-9-30-24-33(21-16-28(30)8-1)47-50-48(52-49(51-47)38-12-7-15-44-46(38)37-11-4-6-14-43(37)54-44)34-22-23-35-31(25-34)19-17-29-18-20-32-26-42-40(27-39(32)45(29)35)36-10-3-5-13-41(36)53-42/h1-27H.